The highest BCUT2D eigenvalue weighted by molar-refractivity contribution is 6.05. The number of carbonyl (C=O) groups is 2. The van der Waals surface area contributed by atoms with E-state index in [0.717, 1.165) is 19.3 Å². The van der Waals surface area contributed by atoms with Gasteiger partial charge in [-0.15, -0.1) is 0 Å². The third-order valence-electron chi connectivity index (χ3n) is 5.66. The van der Waals surface area contributed by atoms with Crippen LogP contribution in [0.1, 0.15) is 62.7 Å². The van der Waals surface area contributed by atoms with E-state index in [2.05, 4.69) is 12.2 Å². The van der Waals surface area contributed by atoms with E-state index in [0.29, 0.717) is 28.7 Å². The highest BCUT2D eigenvalue weighted by Crippen LogP contribution is 2.34. The van der Waals surface area contributed by atoms with Gasteiger partial charge in [-0.05, 0) is 36.8 Å². The van der Waals surface area contributed by atoms with Crippen LogP contribution in [0.5, 0.6) is 11.5 Å². The molecule has 1 heterocycles. The van der Waals surface area contributed by atoms with Crippen molar-refractivity contribution in [2.45, 2.75) is 58.9 Å². The van der Waals surface area contributed by atoms with Crippen LogP contribution in [-0.2, 0) is 11.3 Å². The molecule has 0 fully saturated rings. The van der Waals surface area contributed by atoms with Crippen molar-refractivity contribution in [1.82, 2.24) is 4.57 Å². The Morgan fingerprint density at radius 3 is 2.32 bits per heavy atom. The molecule has 1 aromatic heterocycles. The van der Waals surface area contributed by atoms with Crippen LogP contribution >= 0.6 is 0 Å². The van der Waals surface area contributed by atoms with Gasteiger partial charge in [-0.3, -0.25) is 14.4 Å². The normalized spacial score (nSPS) is 10.8. The summed E-state index contributed by atoms with van der Waals surface area (Å²) >= 11 is 0. The van der Waals surface area contributed by atoms with Crippen LogP contribution < -0.4 is 20.3 Å². The van der Waals surface area contributed by atoms with Crippen LogP contribution in [0.2, 0.25) is 0 Å². The number of ether oxygens (including phenoxy) is 2. The van der Waals surface area contributed by atoms with E-state index in [1.165, 1.54) is 33.3 Å². The maximum atomic E-state index is 13.3. The number of methoxy groups -OCH3 is 1. The largest absolute Gasteiger partial charge is 0.492 e. The molecule has 1 amide bonds. The molecule has 0 unspecified atom stereocenters. The van der Waals surface area contributed by atoms with Crippen LogP contribution in [0.3, 0.4) is 0 Å². The van der Waals surface area contributed by atoms with Crippen LogP contribution in [0.15, 0.2) is 53.3 Å². The summed E-state index contributed by atoms with van der Waals surface area (Å²) in [5.74, 6) is -0.745. The number of pyridine rings is 1. The number of nitrogens with zero attached hydrogens (tertiary/aromatic N) is 1. The van der Waals surface area contributed by atoms with Crippen molar-refractivity contribution in [3.05, 3.63) is 64.4 Å². The van der Waals surface area contributed by atoms with Crippen LogP contribution in [0, 0.1) is 0 Å². The van der Waals surface area contributed by atoms with E-state index in [4.69, 9.17) is 9.47 Å². The van der Waals surface area contributed by atoms with Crippen molar-refractivity contribution in [2.24, 2.45) is 0 Å². The summed E-state index contributed by atoms with van der Waals surface area (Å²) in [6.07, 6.45) is 6.45. The van der Waals surface area contributed by atoms with E-state index in [1.807, 2.05) is 6.07 Å². The molecule has 1 N–H and O–H groups in total. The lowest BCUT2D eigenvalue weighted by Crippen LogP contribution is -2.25. The van der Waals surface area contributed by atoms with Crippen molar-refractivity contribution >= 4 is 28.5 Å². The molecule has 0 saturated carbocycles. The number of hydrogen-bond donors (Lipinski definition) is 1. The van der Waals surface area contributed by atoms with Crippen molar-refractivity contribution in [3.63, 3.8) is 0 Å². The van der Waals surface area contributed by atoms with E-state index < -0.39 is 11.5 Å². The summed E-state index contributed by atoms with van der Waals surface area (Å²) in [6, 6.07) is 14.2. The number of anilines is 1. The van der Waals surface area contributed by atoms with E-state index in [9.17, 15) is 14.4 Å². The van der Waals surface area contributed by atoms with Gasteiger partial charge in [0.25, 0.3) is 11.5 Å². The number of unbranched alkanes of at least 4 members (excludes halogenated alkanes) is 5. The summed E-state index contributed by atoms with van der Waals surface area (Å²) in [5.41, 5.74) is 1.27. The fourth-order valence-electron chi connectivity index (χ4n) is 3.98. The Bertz CT molecular complexity index is 1200. The number of amides is 1. The van der Waals surface area contributed by atoms with Gasteiger partial charge in [0.1, 0.15) is 0 Å². The summed E-state index contributed by atoms with van der Waals surface area (Å²) in [6.45, 7) is 3.90. The molecule has 0 spiro atoms. The zero-order chi connectivity index (χ0) is 24.5. The molecule has 3 aromatic rings. The second kappa shape index (κ2) is 12.0. The Labute approximate surface area is 199 Å². The second-order valence-electron chi connectivity index (χ2n) is 8.23. The molecule has 34 heavy (non-hydrogen) atoms. The van der Waals surface area contributed by atoms with E-state index >= 15 is 0 Å². The number of aryl methyl sites for hydroxylation is 1. The first-order chi connectivity index (χ1) is 16.5. The number of aromatic nitrogens is 1. The van der Waals surface area contributed by atoms with Gasteiger partial charge >= 0.3 is 5.97 Å². The predicted molar refractivity (Wildman–Crippen MR) is 134 cm³/mol. The summed E-state index contributed by atoms with van der Waals surface area (Å²) in [7, 11) is 1.43. The Balaban J connectivity index is 2.00. The zero-order valence-corrected chi connectivity index (χ0v) is 20.1. The topological polar surface area (TPSA) is 86.6 Å². The highest BCUT2D eigenvalue weighted by Gasteiger charge is 2.21. The number of fused-ring (bicyclic) bond motifs is 1. The van der Waals surface area contributed by atoms with E-state index in [1.54, 1.807) is 47.0 Å². The molecule has 7 heteroatoms. The van der Waals surface area contributed by atoms with Crippen molar-refractivity contribution in [3.8, 4) is 11.5 Å². The Hall–Kier alpha value is -3.61. The minimum absolute atomic E-state index is 0.116. The molecule has 3 rings (SSSR count). The third-order valence-corrected chi connectivity index (χ3v) is 5.66. The standard InChI is InChI=1S/C27H32N2O5/c1-4-5-6-7-8-12-17-29-23-18-21(28-26(31)20-13-10-9-11-14-20)15-16-22(23)24(33-3)25(27(29)32)34-19(2)30/h9-11,13-16,18H,4-8,12,17H2,1-3H3,(H,28,31). The molecule has 0 aliphatic rings. The fourth-order valence-corrected chi connectivity index (χ4v) is 3.98. The minimum Gasteiger partial charge on any atom is -0.492 e. The van der Waals surface area contributed by atoms with Crippen molar-refractivity contribution in [1.29, 1.82) is 0 Å². The first-order valence-electron chi connectivity index (χ1n) is 11.8. The maximum absolute atomic E-state index is 13.3. The van der Waals surface area contributed by atoms with Gasteiger partial charge in [0.15, 0.2) is 5.75 Å². The van der Waals surface area contributed by atoms with Crippen molar-refractivity contribution in [2.75, 3.05) is 12.4 Å². The van der Waals surface area contributed by atoms with Gasteiger partial charge in [-0.1, -0.05) is 57.2 Å². The lowest BCUT2D eigenvalue weighted by atomic mass is 10.1. The molecule has 180 valence electrons. The molecule has 0 atom stereocenters. The first-order valence-corrected chi connectivity index (χ1v) is 11.8. The summed E-state index contributed by atoms with van der Waals surface area (Å²) in [4.78, 5) is 37.7. The van der Waals surface area contributed by atoms with Gasteiger partial charge in [-0.25, -0.2) is 0 Å². The average Bonchev–Trinajstić information content (AvgIpc) is 2.83. The number of esters is 1. The molecular formula is C27H32N2O5. The summed E-state index contributed by atoms with van der Waals surface area (Å²) in [5, 5.41) is 3.52. The Morgan fingerprint density at radius 2 is 1.65 bits per heavy atom. The third kappa shape index (κ3) is 6.04. The lowest BCUT2D eigenvalue weighted by Gasteiger charge is -2.17. The van der Waals surface area contributed by atoms with E-state index in [-0.39, 0.29) is 17.4 Å². The van der Waals surface area contributed by atoms with Crippen molar-refractivity contribution < 1.29 is 19.1 Å². The average molecular weight is 465 g/mol. The smallest absolute Gasteiger partial charge is 0.308 e. The number of rotatable bonds is 11. The first kappa shape index (κ1) is 25.0. The maximum Gasteiger partial charge on any atom is 0.308 e. The minimum atomic E-state index is -0.590. The van der Waals surface area contributed by atoms with Crippen LogP contribution in [-0.4, -0.2) is 23.6 Å². The quantitative estimate of drug-likeness (QED) is 0.297. The SMILES string of the molecule is CCCCCCCCn1c(=O)c(OC(C)=O)c(OC)c2ccc(NC(=O)c3ccccc3)cc21. The molecule has 7 nitrogen and oxygen atoms in total. The van der Waals surface area contributed by atoms with Gasteiger partial charge in [0, 0.05) is 30.1 Å². The lowest BCUT2D eigenvalue weighted by molar-refractivity contribution is -0.132. The number of nitrogens with one attached hydrogen (secondary N) is 1. The van der Waals surface area contributed by atoms with Crippen LogP contribution in [0.4, 0.5) is 5.69 Å². The van der Waals surface area contributed by atoms with Crippen LogP contribution in [0.25, 0.3) is 10.9 Å². The molecule has 0 bridgehead atoms. The predicted octanol–water partition coefficient (Wildman–Crippen LogP) is 5.55. The number of hydrogen-bond acceptors (Lipinski definition) is 5. The molecule has 0 aliphatic carbocycles. The fraction of sp³-hybridized carbons (Fsp3) is 0.370. The molecule has 0 aliphatic heterocycles. The summed E-state index contributed by atoms with van der Waals surface area (Å²) < 4.78 is 12.3. The molecule has 0 radical (unpaired) electrons. The number of carbonyl (C=O) groups excluding carboxylic acids is 2. The highest BCUT2D eigenvalue weighted by atomic mass is 16.6. The second-order valence-corrected chi connectivity index (χ2v) is 8.23. The van der Waals surface area contributed by atoms with Gasteiger partial charge < -0.3 is 19.4 Å². The molecular weight excluding hydrogens is 432 g/mol. The Morgan fingerprint density at radius 1 is 0.941 bits per heavy atom. The number of benzene rings is 2. The molecule has 0 saturated heterocycles. The monoisotopic (exact) mass is 464 g/mol. The Kier molecular flexibility index (Phi) is 8.85. The van der Waals surface area contributed by atoms with Gasteiger partial charge in [0.2, 0.25) is 5.75 Å². The molecule has 2 aromatic carbocycles. The zero-order valence-electron chi connectivity index (χ0n) is 20.1. The van der Waals surface area contributed by atoms with Gasteiger partial charge in [0.05, 0.1) is 12.6 Å². The van der Waals surface area contributed by atoms with Gasteiger partial charge in [-0.2, -0.15) is 0 Å².